The van der Waals surface area contributed by atoms with Gasteiger partial charge in [-0.1, -0.05) is 29.8 Å². The minimum Gasteiger partial charge on any atom is -0.323 e. The molecule has 0 amide bonds. The van der Waals surface area contributed by atoms with Gasteiger partial charge < -0.3 is 4.57 Å². The van der Waals surface area contributed by atoms with Crippen LogP contribution in [0.15, 0.2) is 76.5 Å². The van der Waals surface area contributed by atoms with Gasteiger partial charge >= 0.3 is 0 Å². The predicted molar refractivity (Wildman–Crippen MR) is 92.2 cm³/mol. The molecule has 0 saturated heterocycles. The van der Waals surface area contributed by atoms with E-state index >= 15 is 0 Å². The second-order valence-corrected chi connectivity index (χ2v) is 5.81. The van der Waals surface area contributed by atoms with Crippen LogP contribution >= 0.6 is 27.5 Å². The van der Waals surface area contributed by atoms with Crippen molar-refractivity contribution >= 4 is 39.4 Å². The molecule has 4 heteroatoms. The fraction of sp³-hybridized carbons (Fsp3) is 0. The van der Waals surface area contributed by atoms with Gasteiger partial charge in [0.1, 0.15) is 0 Å². The summed E-state index contributed by atoms with van der Waals surface area (Å²) in [6.45, 7) is 0. The van der Waals surface area contributed by atoms with E-state index in [1.54, 1.807) is 0 Å². The van der Waals surface area contributed by atoms with Crippen molar-refractivity contribution in [3.8, 4) is 5.69 Å². The zero-order valence-electron chi connectivity index (χ0n) is 11.1. The maximum absolute atomic E-state index is 6.05. The van der Waals surface area contributed by atoms with Crippen molar-refractivity contribution in [2.45, 2.75) is 0 Å². The van der Waals surface area contributed by atoms with Crippen LogP contribution < -0.4 is 0 Å². The molecule has 3 rings (SSSR count). The zero-order chi connectivity index (χ0) is 14.7. The molecular formula is C17H12BrClN2. The first-order valence-corrected chi connectivity index (χ1v) is 7.62. The summed E-state index contributed by atoms with van der Waals surface area (Å²) >= 11 is 9.42. The lowest BCUT2D eigenvalue weighted by atomic mass is 10.3. The number of aromatic nitrogens is 1. The van der Waals surface area contributed by atoms with Gasteiger partial charge in [0, 0.05) is 34.3 Å². The van der Waals surface area contributed by atoms with E-state index in [9.17, 15) is 0 Å². The lowest BCUT2D eigenvalue weighted by molar-refractivity contribution is 1.08. The van der Waals surface area contributed by atoms with E-state index in [-0.39, 0.29) is 0 Å². The lowest BCUT2D eigenvalue weighted by Crippen LogP contribution is -1.88. The number of hydrogen-bond donors (Lipinski definition) is 0. The molecule has 0 saturated carbocycles. The highest BCUT2D eigenvalue weighted by atomic mass is 79.9. The first-order chi connectivity index (χ1) is 10.2. The van der Waals surface area contributed by atoms with Crippen molar-refractivity contribution in [3.63, 3.8) is 0 Å². The highest BCUT2D eigenvalue weighted by molar-refractivity contribution is 9.10. The Labute approximate surface area is 136 Å². The monoisotopic (exact) mass is 358 g/mol. The number of hydrogen-bond acceptors (Lipinski definition) is 1. The molecule has 2 nitrogen and oxygen atoms in total. The van der Waals surface area contributed by atoms with Crippen LogP contribution in [-0.4, -0.2) is 10.8 Å². The van der Waals surface area contributed by atoms with E-state index in [0.717, 1.165) is 21.4 Å². The van der Waals surface area contributed by atoms with E-state index in [4.69, 9.17) is 11.6 Å². The van der Waals surface area contributed by atoms with Crippen LogP contribution in [0.3, 0.4) is 0 Å². The van der Waals surface area contributed by atoms with Crippen molar-refractivity contribution in [1.82, 2.24) is 4.57 Å². The molecule has 21 heavy (non-hydrogen) atoms. The van der Waals surface area contributed by atoms with Gasteiger partial charge in [-0.05, 0) is 52.3 Å². The Morgan fingerprint density at radius 1 is 1.05 bits per heavy atom. The number of benzene rings is 2. The van der Waals surface area contributed by atoms with Crippen LogP contribution in [0.5, 0.6) is 0 Å². The first-order valence-electron chi connectivity index (χ1n) is 6.45. The molecule has 0 N–H and O–H groups in total. The largest absolute Gasteiger partial charge is 0.323 e. The second-order valence-electron chi connectivity index (χ2n) is 4.54. The van der Waals surface area contributed by atoms with Gasteiger partial charge in [0.25, 0.3) is 0 Å². The van der Waals surface area contributed by atoms with E-state index in [2.05, 4.69) is 37.6 Å². The molecule has 0 fully saturated rings. The third-order valence-corrected chi connectivity index (χ3v) is 4.27. The summed E-state index contributed by atoms with van der Waals surface area (Å²) in [7, 11) is 0. The fourth-order valence-corrected chi connectivity index (χ4v) is 2.39. The van der Waals surface area contributed by atoms with Crippen molar-refractivity contribution < 1.29 is 0 Å². The highest BCUT2D eigenvalue weighted by Gasteiger charge is 1.99. The number of nitrogens with zero attached hydrogens (tertiary/aromatic N) is 2. The first kappa shape index (κ1) is 14.1. The van der Waals surface area contributed by atoms with Crippen LogP contribution in [0.4, 0.5) is 5.69 Å². The molecule has 104 valence electrons. The molecular weight excluding hydrogens is 348 g/mol. The Bertz CT molecular complexity index is 778. The number of para-hydroxylation sites is 1. The third kappa shape index (κ3) is 3.43. The Morgan fingerprint density at radius 3 is 2.62 bits per heavy atom. The van der Waals surface area contributed by atoms with Crippen LogP contribution in [0, 0.1) is 0 Å². The molecule has 0 aliphatic heterocycles. The molecule has 3 aromatic rings. The molecule has 0 spiro atoms. The van der Waals surface area contributed by atoms with Gasteiger partial charge in [-0.25, -0.2) is 0 Å². The van der Waals surface area contributed by atoms with Crippen LogP contribution in [-0.2, 0) is 0 Å². The Kier molecular flexibility index (Phi) is 4.23. The summed E-state index contributed by atoms with van der Waals surface area (Å²) in [6.07, 6.45) is 5.89. The van der Waals surface area contributed by atoms with Crippen molar-refractivity contribution in [1.29, 1.82) is 0 Å². The van der Waals surface area contributed by atoms with Crippen LogP contribution in [0.25, 0.3) is 5.69 Å². The van der Waals surface area contributed by atoms with E-state index in [1.807, 2.05) is 61.1 Å². The summed E-state index contributed by atoms with van der Waals surface area (Å²) in [5.41, 5.74) is 3.00. The fourth-order valence-electron chi connectivity index (χ4n) is 1.96. The van der Waals surface area contributed by atoms with Crippen molar-refractivity contribution in [3.05, 3.63) is 82.0 Å². The average Bonchev–Trinajstić information content (AvgIpc) is 2.98. The van der Waals surface area contributed by atoms with Crippen LogP contribution in [0.1, 0.15) is 5.56 Å². The number of aliphatic imine (C=N–C) groups is 1. The van der Waals surface area contributed by atoms with Gasteiger partial charge in [-0.15, -0.1) is 0 Å². The minimum absolute atomic E-state index is 0.659. The predicted octanol–water partition coefficient (Wildman–Crippen LogP) is 5.64. The topological polar surface area (TPSA) is 17.3 Å². The molecule has 0 aliphatic carbocycles. The van der Waals surface area contributed by atoms with E-state index in [0.29, 0.717) is 5.02 Å². The van der Waals surface area contributed by atoms with Crippen molar-refractivity contribution in [2.24, 2.45) is 4.99 Å². The van der Waals surface area contributed by atoms with Crippen molar-refractivity contribution in [2.75, 3.05) is 0 Å². The quantitative estimate of drug-likeness (QED) is 0.538. The average molecular weight is 360 g/mol. The normalized spacial score (nSPS) is 11.1. The Hall–Kier alpha value is -1.84. The van der Waals surface area contributed by atoms with Gasteiger partial charge in [-0.2, -0.15) is 0 Å². The van der Waals surface area contributed by atoms with Gasteiger partial charge in [0.05, 0.1) is 10.7 Å². The molecule has 0 atom stereocenters. The summed E-state index contributed by atoms with van der Waals surface area (Å²) in [5, 5.41) is 0.659. The molecule has 1 aromatic heterocycles. The highest BCUT2D eigenvalue weighted by Crippen LogP contribution is 2.26. The number of halogens is 2. The molecule has 0 bridgehead atoms. The molecule has 0 radical (unpaired) electrons. The Balaban J connectivity index is 1.81. The summed E-state index contributed by atoms with van der Waals surface area (Å²) < 4.78 is 2.94. The minimum atomic E-state index is 0.659. The molecule has 0 unspecified atom stereocenters. The smallest absolute Gasteiger partial charge is 0.0645 e. The third-order valence-electron chi connectivity index (χ3n) is 3.04. The molecule has 2 aromatic carbocycles. The van der Waals surface area contributed by atoms with Gasteiger partial charge in [-0.3, -0.25) is 4.99 Å². The van der Waals surface area contributed by atoms with E-state index < -0.39 is 0 Å². The standard InChI is InChI=1S/C17H12BrClN2/c18-16-7-6-14(10-17(16)19)20-11-13-8-9-21(12-13)15-4-2-1-3-5-15/h1-12H. The summed E-state index contributed by atoms with van der Waals surface area (Å²) in [4.78, 5) is 4.44. The zero-order valence-corrected chi connectivity index (χ0v) is 13.4. The maximum atomic E-state index is 6.05. The molecule has 1 heterocycles. The number of rotatable bonds is 3. The van der Waals surface area contributed by atoms with Crippen LogP contribution in [0.2, 0.25) is 5.02 Å². The van der Waals surface area contributed by atoms with E-state index in [1.165, 1.54) is 0 Å². The lowest BCUT2D eigenvalue weighted by Gasteiger charge is -2.00. The maximum Gasteiger partial charge on any atom is 0.0645 e. The SMILES string of the molecule is Clc1cc(N=Cc2ccn(-c3ccccc3)c2)ccc1Br. The Morgan fingerprint density at radius 2 is 1.86 bits per heavy atom. The summed E-state index contributed by atoms with van der Waals surface area (Å²) in [5.74, 6) is 0. The van der Waals surface area contributed by atoms with Gasteiger partial charge in [0.2, 0.25) is 0 Å². The summed E-state index contributed by atoms with van der Waals surface area (Å²) in [6, 6.07) is 17.8. The van der Waals surface area contributed by atoms with Gasteiger partial charge in [0.15, 0.2) is 0 Å². The molecule has 0 aliphatic rings. The second kappa shape index (κ2) is 6.29.